The van der Waals surface area contributed by atoms with E-state index in [1.165, 1.54) is 0 Å². The summed E-state index contributed by atoms with van der Waals surface area (Å²) in [5, 5.41) is 4.63. The monoisotopic (exact) mass is 298 g/mol. The maximum Gasteiger partial charge on any atom is 0.293 e. The van der Waals surface area contributed by atoms with Gasteiger partial charge in [-0.3, -0.25) is 10.2 Å². The lowest BCUT2D eigenvalue weighted by Gasteiger charge is -2.01. The Balaban J connectivity index is 1.85. The summed E-state index contributed by atoms with van der Waals surface area (Å²) < 4.78 is 0. The summed E-state index contributed by atoms with van der Waals surface area (Å²) in [7, 11) is 0. The molecule has 0 saturated heterocycles. The molecule has 1 aromatic heterocycles. The highest BCUT2D eigenvalue weighted by Gasteiger charge is 2.02. The van der Waals surface area contributed by atoms with E-state index in [2.05, 4.69) is 20.5 Å². The molecule has 0 bridgehead atoms. The number of rotatable bonds is 3. The third-order valence-corrected chi connectivity index (χ3v) is 3.07. The predicted molar refractivity (Wildman–Crippen MR) is 85.0 cm³/mol. The fraction of sp³-hybridized carbons (Fsp3) is 0. The van der Waals surface area contributed by atoms with Crippen molar-refractivity contribution < 1.29 is 0 Å². The largest absolute Gasteiger partial charge is 0.317 e. The molecule has 0 saturated carbocycles. The van der Waals surface area contributed by atoms with Gasteiger partial charge in [0.1, 0.15) is 0 Å². The van der Waals surface area contributed by atoms with Crippen LogP contribution >= 0.6 is 11.6 Å². The van der Waals surface area contributed by atoms with Crippen molar-refractivity contribution in [1.82, 2.24) is 9.97 Å². The third-order valence-electron chi connectivity index (χ3n) is 2.83. The molecule has 0 aliphatic rings. The Labute approximate surface area is 125 Å². The molecule has 2 N–H and O–H groups in total. The molecule has 0 fully saturated rings. The molecule has 5 nitrogen and oxygen atoms in total. The number of hydrogen-bond donors (Lipinski definition) is 2. The predicted octanol–water partition coefficient (Wildman–Crippen LogP) is 3.02. The average Bonchev–Trinajstić information content (AvgIpc) is 2.48. The van der Waals surface area contributed by atoms with Crippen molar-refractivity contribution >= 4 is 34.7 Å². The van der Waals surface area contributed by atoms with Crippen LogP contribution < -0.4 is 11.0 Å². The second kappa shape index (κ2) is 5.76. The van der Waals surface area contributed by atoms with E-state index in [-0.39, 0.29) is 11.4 Å². The highest BCUT2D eigenvalue weighted by atomic mass is 35.5. The molecular formula is C15H11ClN4O. The van der Waals surface area contributed by atoms with Crippen molar-refractivity contribution in [3.8, 4) is 0 Å². The number of hydrazone groups is 1. The Kier molecular flexibility index (Phi) is 3.66. The number of nitrogens with one attached hydrogen (secondary N) is 2. The highest BCUT2D eigenvalue weighted by Crippen LogP contribution is 2.10. The summed E-state index contributed by atoms with van der Waals surface area (Å²) in [6, 6.07) is 14.5. The molecule has 104 valence electrons. The summed E-state index contributed by atoms with van der Waals surface area (Å²) in [5.41, 5.74) is 4.53. The van der Waals surface area contributed by atoms with E-state index < -0.39 is 0 Å². The van der Waals surface area contributed by atoms with Crippen LogP contribution in [0, 0.1) is 0 Å². The first-order valence-corrected chi connectivity index (χ1v) is 6.64. The smallest absolute Gasteiger partial charge is 0.293 e. The molecule has 0 atom stereocenters. The zero-order valence-electron chi connectivity index (χ0n) is 10.9. The van der Waals surface area contributed by atoms with E-state index in [1.54, 1.807) is 24.4 Å². The summed E-state index contributed by atoms with van der Waals surface area (Å²) in [6.45, 7) is 0. The number of benzene rings is 2. The highest BCUT2D eigenvalue weighted by molar-refractivity contribution is 6.30. The minimum absolute atomic E-state index is 0.145. The van der Waals surface area contributed by atoms with E-state index in [0.29, 0.717) is 16.1 Å². The molecule has 0 radical (unpaired) electrons. The molecule has 3 aromatic rings. The van der Waals surface area contributed by atoms with Crippen LogP contribution in [0.2, 0.25) is 5.02 Å². The van der Waals surface area contributed by atoms with Crippen LogP contribution in [-0.2, 0) is 0 Å². The van der Waals surface area contributed by atoms with Crippen LogP contribution in [0.25, 0.3) is 11.0 Å². The van der Waals surface area contributed by atoms with Gasteiger partial charge in [-0.15, -0.1) is 0 Å². The van der Waals surface area contributed by atoms with Crippen molar-refractivity contribution in [3.63, 3.8) is 0 Å². The first kappa shape index (κ1) is 13.3. The summed E-state index contributed by atoms with van der Waals surface area (Å²) in [6.07, 6.45) is 1.57. The number of nitrogens with zero attached hydrogens (tertiary/aromatic N) is 2. The van der Waals surface area contributed by atoms with E-state index in [4.69, 9.17) is 11.6 Å². The molecule has 0 spiro atoms. The van der Waals surface area contributed by atoms with Gasteiger partial charge in [-0.2, -0.15) is 5.10 Å². The number of para-hydroxylation sites is 2. The maximum atomic E-state index is 11.9. The fourth-order valence-corrected chi connectivity index (χ4v) is 2.06. The van der Waals surface area contributed by atoms with Gasteiger partial charge in [-0.1, -0.05) is 35.9 Å². The van der Waals surface area contributed by atoms with E-state index in [0.717, 1.165) is 5.56 Å². The average molecular weight is 299 g/mol. The number of aromatic amines is 1. The lowest BCUT2D eigenvalue weighted by atomic mass is 10.2. The van der Waals surface area contributed by atoms with Crippen molar-refractivity contribution in [1.29, 1.82) is 0 Å². The van der Waals surface area contributed by atoms with E-state index >= 15 is 0 Å². The molecule has 0 amide bonds. The number of aromatic nitrogens is 2. The molecule has 21 heavy (non-hydrogen) atoms. The van der Waals surface area contributed by atoms with Gasteiger partial charge < -0.3 is 4.98 Å². The summed E-state index contributed by atoms with van der Waals surface area (Å²) in [4.78, 5) is 18.8. The Hall–Kier alpha value is -2.66. The molecule has 6 heteroatoms. The van der Waals surface area contributed by atoms with Gasteiger partial charge in [-0.05, 0) is 29.8 Å². The van der Waals surface area contributed by atoms with Gasteiger partial charge in [0, 0.05) is 5.02 Å². The lowest BCUT2D eigenvalue weighted by molar-refractivity contribution is 1.17. The first-order valence-electron chi connectivity index (χ1n) is 6.26. The summed E-state index contributed by atoms with van der Waals surface area (Å²) >= 11 is 5.88. The SMILES string of the molecule is O=c1[nH]c2ccccc2nc1NN=Cc1cccc(Cl)c1. The minimum Gasteiger partial charge on any atom is -0.317 e. The van der Waals surface area contributed by atoms with E-state index in [1.807, 2.05) is 30.3 Å². The Morgan fingerprint density at radius 1 is 1.19 bits per heavy atom. The normalized spacial score (nSPS) is 11.1. The van der Waals surface area contributed by atoms with Crippen LogP contribution in [0.1, 0.15) is 5.56 Å². The van der Waals surface area contributed by atoms with Crippen LogP contribution in [-0.4, -0.2) is 16.2 Å². The van der Waals surface area contributed by atoms with Gasteiger partial charge in [0.05, 0.1) is 17.2 Å². The quantitative estimate of drug-likeness (QED) is 0.577. The molecule has 0 unspecified atom stereocenters. The van der Waals surface area contributed by atoms with Crippen LogP contribution in [0.4, 0.5) is 5.82 Å². The van der Waals surface area contributed by atoms with E-state index in [9.17, 15) is 4.79 Å². The van der Waals surface area contributed by atoms with Gasteiger partial charge in [0.15, 0.2) is 0 Å². The fourth-order valence-electron chi connectivity index (χ4n) is 1.86. The minimum atomic E-state index is -0.322. The topological polar surface area (TPSA) is 70.1 Å². The standard InChI is InChI=1S/C15H11ClN4O/c16-11-5-3-4-10(8-11)9-17-20-14-15(21)19-13-7-2-1-6-12(13)18-14/h1-9H,(H,18,20)(H,19,21). The second-order valence-corrected chi connectivity index (χ2v) is 4.79. The Morgan fingerprint density at radius 3 is 2.90 bits per heavy atom. The summed E-state index contributed by atoms with van der Waals surface area (Å²) in [5.74, 6) is 0.145. The van der Waals surface area contributed by atoms with Crippen molar-refractivity contribution in [2.45, 2.75) is 0 Å². The lowest BCUT2D eigenvalue weighted by Crippen LogP contribution is -2.13. The zero-order valence-corrected chi connectivity index (χ0v) is 11.6. The molecule has 0 aliphatic carbocycles. The van der Waals surface area contributed by atoms with Crippen molar-refractivity contribution in [2.75, 3.05) is 5.43 Å². The Bertz CT molecular complexity index is 873. The zero-order chi connectivity index (χ0) is 14.7. The first-order chi connectivity index (χ1) is 10.2. The van der Waals surface area contributed by atoms with Crippen molar-refractivity contribution in [3.05, 3.63) is 69.5 Å². The molecule has 2 aromatic carbocycles. The van der Waals surface area contributed by atoms with Gasteiger partial charge in [0.25, 0.3) is 5.56 Å². The maximum absolute atomic E-state index is 11.9. The number of halogens is 1. The van der Waals surface area contributed by atoms with Gasteiger partial charge in [0.2, 0.25) is 5.82 Å². The van der Waals surface area contributed by atoms with Gasteiger partial charge in [-0.25, -0.2) is 4.98 Å². The van der Waals surface area contributed by atoms with Gasteiger partial charge >= 0.3 is 0 Å². The van der Waals surface area contributed by atoms with Crippen LogP contribution in [0.5, 0.6) is 0 Å². The molecule has 3 rings (SSSR count). The molecule has 1 heterocycles. The molecule has 0 aliphatic heterocycles. The number of H-pyrrole nitrogens is 1. The Morgan fingerprint density at radius 2 is 2.05 bits per heavy atom. The third kappa shape index (κ3) is 3.09. The second-order valence-electron chi connectivity index (χ2n) is 4.36. The van der Waals surface area contributed by atoms with Crippen LogP contribution in [0.3, 0.4) is 0 Å². The number of fused-ring (bicyclic) bond motifs is 1. The number of anilines is 1. The van der Waals surface area contributed by atoms with Crippen LogP contribution in [0.15, 0.2) is 58.4 Å². The number of hydrogen-bond acceptors (Lipinski definition) is 4. The van der Waals surface area contributed by atoms with Crippen molar-refractivity contribution in [2.24, 2.45) is 5.10 Å². The molecular weight excluding hydrogens is 288 g/mol.